The van der Waals surface area contributed by atoms with Crippen molar-refractivity contribution in [3.8, 4) is 0 Å². The van der Waals surface area contributed by atoms with E-state index >= 15 is 0 Å². The Morgan fingerprint density at radius 1 is 1.36 bits per heavy atom. The van der Waals surface area contributed by atoms with E-state index in [9.17, 15) is 9.46 Å². The highest BCUT2D eigenvalue weighted by molar-refractivity contribution is 8.00. The van der Waals surface area contributed by atoms with Crippen LogP contribution in [0.2, 0.25) is 0 Å². The average molecular weight is 493 g/mol. The van der Waals surface area contributed by atoms with Gasteiger partial charge in [-0.3, -0.25) is 13.9 Å². The quantitative estimate of drug-likeness (QED) is 0.386. The van der Waals surface area contributed by atoms with Gasteiger partial charge in [-0.15, -0.1) is 0 Å². The maximum absolute atomic E-state index is 12.0. The Bertz CT molecular complexity index is 1230. The summed E-state index contributed by atoms with van der Waals surface area (Å²) in [4.78, 5) is 28.1. The van der Waals surface area contributed by atoms with Crippen LogP contribution in [0.5, 0.6) is 0 Å². The van der Waals surface area contributed by atoms with Gasteiger partial charge in [-0.2, -0.15) is 0 Å². The summed E-state index contributed by atoms with van der Waals surface area (Å²) >= 11 is 1.40. The number of nitrogens with two attached hydrogens (primary N) is 1. The second-order valence-corrected chi connectivity index (χ2v) is 10.1. The van der Waals surface area contributed by atoms with E-state index in [2.05, 4.69) is 25.3 Å². The van der Waals surface area contributed by atoms with E-state index < -0.39 is 37.9 Å². The molecular weight excluding hydrogens is 473 g/mol. The van der Waals surface area contributed by atoms with Crippen LogP contribution < -0.4 is 16.0 Å². The lowest BCUT2D eigenvalue weighted by Crippen LogP contribution is -2.49. The van der Waals surface area contributed by atoms with Crippen LogP contribution >= 0.6 is 19.6 Å². The first-order valence-corrected chi connectivity index (χ1v) is 12.4. The molecule has 174 valence electrons. The van der Waals surface area contributed by atoms with Gasteiger partial charge in [0.2, 0.25) is 0 Å². The number of nitrogens with zero attached hydrogens (tertiary/aromatic N) is 4. The van der Waals surface area contributed by atoms with E-state index in [0.29, 0.717) is 16.7 Å². The Hall–Kier alpha value is -2.45. The van der Waals surface area contributed by atoms with Crippen molar-refractivity contribution in [2.45, 2.75) is 35.2 Å². The van der Waals surface area contributed by atoms with Gasteiger partial charge in [0.15, 0.2) is 28.5 Å². The second kappa shape index (κ2) is 7.81. The zero-order valence-electron chi connectivity index (χ0n) is 17.2. The number of aromatic amines is 1. The number of phosphoric acid groups is 1. The zero-order chi connectivity index (χ0) is 22.7. The molecule has 3 aliphatic heterocycles. The number of thioether (sulfide) groups is 1. The van der Waals surface area contributed by atoms with E-state index in [4.69, 9.17) is 24.3 Å². The highest BCUT2D eigenvalue weighted by atomic mass is 32.2. The van der Waals surface area contributed by atoms with Crippen molar-refractivity contribution in [3.63, 3.8) is 0 Å². The fourth-order valence-electron chi connectivity index (χ4n) is 4.25. The minimum atomic E-state index is -4.19. The van der Waals surface area contributed by atoms with Crippen LogP contribution in [0.4, 0.5) is 17.3 Å². The number of fused-ring (bicyclic) bond motifs is 3. The molecule has 5 heterocycles. The summed E-state index contributed by atoms with van der Waals surface area (Å²) in [5.41, 5.74) is 7.94. The molecule has 0 radical (unpaired) electrons. The predicted octanol–water partition coefficient (Wildman–Crippen LogP) is 1.50. The SMILES string of the molecule is COC1C(N2c3ncnc(N)c3NC2Sc2nc3ccccc3[nH]2)OC2COP(=O)(O)O[C@H]21. The number of methoxy groups -OCH3 is 1. The highest BCUT2D eigenvalue weighted by Gasteiger charge is 2.56. The van der Waals surface area contributed by atoms with Gasteiger partial charge in [0.05, 0.1) is 17.6 Å². The van der Waals surface area contributed by atoms with Gasteiger partial charge in [-0.1, -0.05) is 12.1 Å². The highest BCUT2D eigenvalue weighted by Crippen LogP contribution is 2.53. The lowest BCUT2D eigenvalue weighted by atomic mass is 10.1. The van der Waals surface area contributed by atoms with Crippen LogP contribution in [0.15, 0.2) is 35.7 Å². The van der Waals surface area contributed by atoms with Crippen LogP contribution in [0.3, 0.4) is 0 Å². The predicted molar refractivity (Wildman–Crippen MR) is 118 cm³/mol. The van der Waals surface area contributed by atoms with E-state index in [0.717, 1.165) is 11.0 Å². The fourth-order valence-corrected chi connectivity index (χ4v) is 6.26. The molecule has 3 aromatic rings. The summed E-state index contributed by atoms with van der Waals surface area (Å²) in [5, 5.41) is 4.00. The van der Waals surface area contributed by atoms with Crippen molar-refractivity contribution in [2.24, 2.45) is 0 Å². The third-order valence-corrected chi connectivity index (χ3v) is 7.67. The van der Waals surface area contributed by atoms with Gasteiger partial charge in [-0.25, -0.2) is 19.5 Å². The van der Waals surface area contributed by atoms with Gasteiger partial charge in [0, 0.05) is 7.11 Å². The van der Waals surface area contributed by atoms with Crippen molar-refractivity contribution >= 4 is 47.9 Å². The smallest absolute Gasteiger partial charge is 0.382 e. The number of hydrogen-bond acceptors (Lipinski definition) is 12. The number of para-hydroxylation sites is 2. The maximum atomic E-state index is 12.0. The van der Waals surface area contributed by atoms with E-state index in [-0.39, 0.29) is 12.4 Å². The van der Waals surface area contributed by atoms with Gasteiger partial charge < -0.3 is 30.4 Å². The molecule has 2 saturated heterocycles. The summed E-state index contributed by atoms with van der Waals surface area (Å²) in [7, 11) is -2.70. The molecule has 0 aliphatic carbocycles. The number of nitrogen functional groups attached to an aromatic ring is 1. The molecule has 1 aromatic carbocycles. The number of ether oxygens (including phenoxy) is 2. The number of imidazole rings is 1. The van der Waals surface area contributed by atoms with Crippen LogP contribution in [0.25, 0.3) is 11.0 Å². The number of rotatable bonds is 4. The first-order valence-electron chi connectivity index (χ1n) is 10.0. The van der Waals surface area contributed by atoms with Gasteiger partial charge >= 0.3 is 7.82 Å². The third-order valence-electron chi connectivity index (χ3n) is 5.70. The van der Waals surface area contributed by atoms with E-state index in [1.807, 2.05) is 29.2 Å². The first kappa shape index (κ1) is 21.1. The Balaban J connectivity index is 1.36. The van der Waals surface area contributed by atoms with Crippen LogP contribution in [0.1, 0.15) is 0 Å². The standard InChI is InChI=1S/C18H20N7O6PS/c1-28-13-12-10(6-29-32(26,27)31-12)30-16(13)25-15-11(14(19)20-7-21-15)24-18(25)33-17-22-8-4-2-3-5-9(8)23-17/h2-5,7,10,12-13,16,18,24H,6H2,1H3,(H,22,23)(H,26,27)(H2,19,20,21)/t10?,12-,13?,16?,18?/m1/s1. The van der Waals surface area contributed by atoms with Gasteiger partial charge in [0.25, 0.3) is 0 Å². The molecule has 15 heteroatoms. The summed E-state index contributed by atoms with van der Waals surface area (Å²) in [6, 6.07) is 7.72. The van der Waals surface area contributed by atoms with Crippen molar-refractivity contribution in [1.29, 1.82) is 0 Å². The number of anilines is 3. The molecule has 6 rings (SSSR count). The van der Waals surface area contributed by atoms with Gasteiger partial charge in [0.1, 0.15) is 30.3 Å². The molecule has 33 heavy (non-hydrogen) atoms. The minimum absolute atomic E-state index is 0.101. The number of H-pyrrole nitrogens is 1. The molecule has 2 fully saturated rings. The monoisotopic (exact) mass is 493 g/mol. The Morgan fingerprint density at radius 2 is 2.21 bits per heavy atom. The molecule has 0 bridgehead atoms. The lowest BCUT2D eigenvalue weighted by molar-refractivity contribution is -0.0559. The molecule has 0 saturated carbocycles. The molecule has 3 aliphatic rings. The molecule has 2 aromatic heterocycles. The van der Waals surface area contributed by atoms with Crippen molar-refractivity contribution in [2.75, 3.05) is 29.7 Å². The zero-order valence-corrected chi connectivity index (χ0v) is 18.9. The van der Waals surface area contributed by atoms with Crippen molar-refractivity contribution < 1.29 is 28.0 Å². The van der Waals surface area contributed by atoms with Crippen LogP contribution in [0, 0.1) is 0 Å². The Morgan fingerprint density at radius 3 is 3.03 bits per heavy atom. The first-order chi connectivity index (χ1) is 15.9. The second-order valence-electron chi connectivity index (χ2n) is 7.64. The molecular formula is C18H20N7O6PS. The van der Waals surface area contributed by atoms with E-state index in [1.54, 1.807) is 0 Å². The summed E-state index contributed by atoms with van der Waals surface area (Å²) < 4.78 is 34.1. The molecule has 13 nitrogen and oxygen atoms in total. The number of hydrogen-bond donors (Lipinski definition) is 4. The van der Waals surface area contributed by atoms with Gasteiger partial charge in [-0.05, 0) is 23.9 Å². The summed E-state index contributed by atoms with van der Waals surface area (Å²) in [6.45, 7) is -0.101. The number of phosphoric ester groups is 1. The van der Waals surface area contributed by atoms with Crippen LogP contribution in [-0.4, -0.2) is 68.6 Å². The topological polar surface area (TPSA) is 170 Å². The number of benzene rings is 1. The Labute approximate surface area is 191 Å². The number of aromatic nitrogens is 4. The minimum Gasteiger partial charge on any atom is -0.382 e. The molecule has 0 amide bonds. The largest absolute Gasteiger partial charge is 0.472 e. The molecule has 5 N–H and O–H groups in total. The number of nitrogens with one attached hydrogen (secondary N) is 2. The molecule has 6 atom stereocenters. The summed E-state index contributed by atoms with van der Waals surface area (Å²) in [6.07, 6.45) is -1.47. The Kier molecular flexibility index (Phi) is 4.99. The summed E-state index contributed by atoms with van der Waals surface area (Å²) in [5.74, 6) is 0.788. The van der Waals surface area contributed by atoms with Crippen LogP contribution in [-0.2, 0) is 23.1 Å². The molecule has 0 spiro atoms. The normalized spacial score (nSPS) is 33.2. The molecule has 5 unspecified atom stereocenters. The third kappa shape index (κ3) is 3.54. The van der Waals surface area contributed by atoms with E-state index in [1.165, 1.54) is 25.2 Å². The fraction of sp³-hybridized carbons (Fsp3) is 0.389. The lowest BCUT2D eigenvalue weighted by Gasteiger charge is -2.33. The maximum Gasteiger partial charge on any atom is 0.472 e. The van der Waals surface area contributed by atoms with Crippen molar-refractivity contribution in [1.82, 2.24) is 19.9 Å². The average Bonchev–Trinajstić information content (AvgIpc) is 3.45. The van der Waals surface area contributed by atoms with Crippen molar-refractivity contribution in [3.05, 3.63) is 30.6 Å².